The van der Waals surface area contributed by atoms with Crippen molar-refractivity contribution in [2.75, 3.05) is 7.11 Å². The zero-order valence-electron chi connectivity index (χ0n) is 13.5. The van der Waals surface area contributed by atoms with E-state index in [4.69, 9.17) is 0 Å². The van der Waals surface area contributed by atoms with Crippen LogP contribution in [0, 0.1) is 5.82 Å². The molecule has 0 aliphatic heterocycles. The Balaban J connectivity index is 2.43. The summed E-state index contributed by atoms with van der Waals surface area (Å²) in [6.07, 6.45) is -3.45. The van der Waals surface area contributed by atoms with Crippen LogP contribution in [0.15, 0.2) is 36.4 Å². The van der Waals surface area contributed by atoms with Crippen molar-refractivity contribution in [1.82, 2.24) is 0 Å². The zero-order chi connectivity index (χ0) is 19.3. The second-order valence-corrected chi connectivity index (χ2v) is 5.09. The van der Waals surface area contributed by atoms with Crippen LogP contribution in [0.2, 0.25) is 0 Å². The van der Waals surface area contributed by atoms with Gasteiger partial charge in [-0.3, -0.25) is 0 Å². The van der Waals surface area contributed by atoms with Crippen molar-refractivity contribution in [2.45, 2.75) is 12.8 Å². The van der Waals surface area contributed by atoms with Crippen LogP contribution in [0.3, 0.4) is 0 Å². The van der Waals surface area contributed by atoms with Gasteiger partial charge in [0.15, 0.2) is 0 Å². The number of hydrogen-bond acceptors (Lipinski definition) is 4. The van der Waals surface area contributed by atoms with Gasteiger partial charge in [-0.05, 0) is 29.3 Å². The van der Waals surface area contributed by atoms with Gasteiger partial charge >= 0.3 is 12.4 Å². The Morgan fingerprint density at radius 3 is 2.35 bits per heavy atom. The van der Waals surface area contributed by atoms with Crippen LogP contribution in [-0.2, 0) is 4.74 Å². The first kappa shape index (κ1) is 19.3. The van der Waals surface area contributed by atoms with Gasteiger partial charge in [-0.15, -0.1) is 0 Å². The van der Waals surface area contributed by atoms with Gasteiger partial charge in [-0.25, -0.2) is 18.0 Å². The number of esters is 1. The molecule has 0 saturated carbocycles. The molecule has 0 radical (unpaired) electrons. The van der Waals surface area contributed by atoms with Crippen molar-refractivity contribution >= 4 is 18.1 Å². The van der Waals surface area contributed by atoms with Gasteiger partial charge in [0.05, 0.1) is 7.11 Å². The number of rotatable bonds is 6. The predicted molar refractivity (Wildman–Crippen MR) is 86.3 cm³/mol. The first-order valence-corrected chi connectivity index (χ1v) is 7.29. The Morgan fingerprint density at radius 1 is 1.12 bits per heavy atom. The Labute approximate surface area is 146 Å². The molecule has 0 heterocycles. The summed E-state index contributed by atoms with van der Waals surface area (Å²) < 4.78 is 59.6. The Kier molecular flexibility index (Phi) is 6.21. The molecule has 1 N–H and O–H groups in total. The zero-order valence-corrected chi connectivity index (χ0v) is 13.5. The van der Waals surface area contributed by atoms with Crippen LogP contribution >= 0.6 is 0 Å². The highest BCUT2D eigenvalue weighted by molar-refractivity contribution is 5.98. The van der Waals surface area contributed by atoms with E-state index in [2.05, 4.69) is 9.47 Å². The van der Waals surface area contributed by atoms with Gasteiger partial charge in [0.2, 0.25) is 0 Å². The Hall–Kier alpha value is -3.03. The number of halogens is 4. The van der Waals surface area contributed by atoms with Gasteiger partial charge < -0.3 is 14.6 Å². The molecule has 2 aromatic carbocycles. The number of ether oxygens (including phenoxy) is 2. The molecule has 1 atom stereocenters. The van der Waals surface area contributed by atoms with E-state index >= 15 is 0 Å². The minimum absolute atomic E-state index is 0.0395. The summed E-state index contributed by atoms with van der Waals surface area (Å²) in [6, 6.07) is 7.27. The van der Waals surface area contributed by atoms with Crippen molar-refractivity contribution in [3.63, 3.8) is 0 Å². The first-order valence-electron chi connectivity index (χ1n) is 7.29. The van der Waals surface area contributed by atoms with Gasteiger partial charge in [-0.2, -0.15) is 4.39 Å². The minimum Gasteiger partial charge on any atom is -0.507 e. The molecular weight excluding hydrogens is 356 g/mol. The van der Waals surface area contributed by atoms with E-state index in [0.29, 0.717) is 5.56 Å². The van der Waals surface area contributed by atoms with Crippen molar-refractivity contribution in [3.05, 3.63) is 58.9 Å². The summed E-state index contributed by atoms with van der Waals surface area (Å²) in [7, 11) is 1.09. The monoisotopic (exact) mass is 370 g/mol. The van der Waals surface area contributed by atoms with Crippen LogP contribution < -0.4 is 4.74 Å². The minimum atomic E-state index is -3.38. The van der Waals surface area contributed by atoms with Crippen LogP contribution in [0.25, 0.3) is 12.2 Å². The number of hydrogen-bond donors (Lipinski definition) is 1. The smallest absolute Gasteiger partial charge is 0.342 e. The number of phenols is 1. The average Bonchev–Trinajstić information content (AvgIpc) is 2.60. The lowest BCUT2D eigenvalue weighted by Crippen LogP contribution is -2.19. The largest absolute Gasteiger partial charge is 0.507 e. The van der Waals surface area contributed by atoms with Crippen molar-refractivity contribution in [2.24, 2.45) is 0 Å². The summed E-state index contributed by atoms with van der Waals surface area (Å²) >= 11 is 0. The number of carbonyl (C=O) groups is 1. The first-order chi connectivity index (χ1) is 12.3. The fraction of sp³-hybridized carbons (Fsp3) is 0.167. The fourth-order valence-electron chi connectivity index (χ4n) is 2.09. The molecule has 0 amide bonds. The second-order valence-electron chi connectivity index (χ2n) is 5.09. The lowest BCUT2D eigenvalue weighted by Gasteiger charge is -2.13. The molecule has 0 aliphatic rings. The molecule has 2 aromatic rings. The third-order valence-electron chi connectivity index (χ3n) is 3.28. The standard InChI is InChI=1S/C18H14F4O4/c1-25-18(24)15-11(5-2-10-3-6-12(19)7-4-10)8-13(9-14(15)23)26-17(22)16(20)21/h2-9,16-17,23H,1H3. The third kappa shape index (κ3) is 4.75. The molecule has 0 spiro atoms. The summed E-state index contributed by atoms with van der Waals surface area (Å²) in [5.41, 5.74) is 0.340. The van der Waals surface area contributed by atoms with E-state index in [0.717, 1.165) is 19.2 Å². The lowest BCUT2D eigenvalue weighted by molar-refractivity contribution is -0.0669. The molecule has 0 saturated heterocycles. The van der Waals surface area contributed by atoms with Gasteiger partial charge in [0.1, 0.15) is 22.9 Å². The summed E-state index contributed by atoms with van der Waals surface area (Å²) in [4.78, 5) is 11.9. The van der Waals surface area contributed by atoms with E-state index in [9.17, 15) is 27.5 Å². The molecular formula is C18H14F4O4. The van der Waals surface area contributed by atoms with Gasteiger partial charge in [-0.1, -0.05) is 24.3 Å². The highest BCUT2D eigenvalue weighted by atomic mass is 19.3. The molecule has 0 aliphatic carbocycles. The predicted octanol–water partition coefficient (Wildman–Crippen LogP) is 4.43. The quantitative estimate of drug-likeness (QED) is 0.464. The number of alkyl halides is 3. The normalized spacial score (nSPS) is 12.4. The number of benzene rings is 2. The fourth-order valence-corrected chi connectivity index (χ4v) is 2.09. The maximum atomic E-state index is 13.1. The topological polar surface area (TPSA) is 55.8 Å². The van der Waals surface area contributed by atoms with Crippen LogP contribution in [0.5, 0.6) is 11.5 Å². The maximum absolute atomic E-state index is 13.1. The molecule has 0 bridgehead atoms. The van der Waals surface area contributed by atoms with Crippen LogP contribution in [0.4, 0.5) is 17.6 Å². The molecule has 26 heavy (non-hydrogen) atoms. The Morgan fingerprint density at radius 2 is 1.77 bits per heavy atom. The number of methoxy groups -OCH3 is 1. The van der Waals surface area contributed by atoms with E-state index < -0.39 is 36.1 Å². The van der Waals surface area contributed by atoms with E-state index in [-0.39, 0.29) is 11.1 Å². The number of aromatic hydroxyl groups is 1. The molecule has 2 rings (SSSR count). The molecule has 8 heteroatoms. The Bertz CT molecular complexity index is 804. The number of phenolic OH excluding ortho intramolecular Hbond substituents is 1. The molecule has 0 aromatic heterocycles. The highest BCUT2D eigenvalue weighted by Crippen LogP contribution is 2.31. The summed E-state index contributed by atoms with van der Waals surface area (Å²) in [6.45, 7) is 0. The van der Waals surface area contributed by atoms with E-state index in [1.807, 2.05) is 0 Å². The summed E-state index contributed by atoms with van der Waals surface area (Å²) in [5, 5.41) is 9.98. The molecule has 0 fully saturated rings. The van der Waals surface area contributed by atoms with Crippen molar-refractivity contribution in [1.29, 1.82) is 0 Å². The van der Waals surface area contributed by atoms with Crippen LogP contribution in [-0.4, -0.2) is 31.0 Å². The van der Waals surface area contributed by atoms with E-state index in [1.54, 1.807) is 0 Å². The third-order valence-corrected chi connectivity index (χ3v) is 3.28. The van der Waals surface area contributed by atoms with Gasteiger partial charge in [0.25, 0.3) is 6.36 Å². The van der Waals surface area contributed by atoms with Gasteiger partial charge in [0, 0.05) is 6.07 Å². The van der Waals surface area contributed by atoms with E-state index in [1.165, 1.54) is 36.4 Å². The SMILES string of the molecule is COC(=O)c1c(O)cc(OC(F)C(F)F)cc1C=Cc1ccc(F)cc1. The second kappa shape index (κ2) is 8.37. The lowest BCUT2D eigenvalue weighted by atomic mass is 10.0. The average molecular weight is 370 g/mol. The molecule has 1 unspecified atom stereocenters. The summed E-state index contributed by atoms with van der Waals surface area (Å²) in [5.74, 6) is -2.36. The number of carbonyl (C=O) groups excluding carboxylic acids is 1. The molecule has 4 nitrogen and oxygen atoms in total. The molecule has 138 valence electrons. The highest BCUT2D eigenvalue weighted by Gasteiger charge is 2.23. The van der Waals surface area contributed by atoms with Crippen LogP contribution in [0.1, 0.15) is 21.5 Å². The maximum Gasteiger partial charge on any atom is 0.342 e. The van der Waals surface area contributed by atoms with Crippen molar-refractivity contribution < 1.29 is 36.9 Å². The van der Waals surface area contributed by atoms with Crippen molar-refractivity contribution in [3.8, 4) is 11.5 Å².